The van der Waals surface area contributed by atoms with Crippen molar-refractivity contribution in [1.82, 2.24) is 5.32 Å². The van der Waals surface area contributed by atoms with Gasteiger partial charge in [0.1, 0.15) is 11.5 Å². The lowest BCUT2D eigenvalue weighted by Crippen LogP contribution is -2.39. The van der Waals surface area contributed by atoms with Crippen LogP contribution >= 0.6 is 11.6 Å². The number of hydrogen-bond acceptors (Lipinski definition) is 3. The SMILES string of the molecule is COc1ccc([C@H](CC(C)C)NC(=O)[C@@H](C)Oc2ccc(Cl)c(C)c2)cc1. The molecule has 0 aliphatic carbocycles. The predicted molar refractivity (Wildman–Crippen MR) is 110 cm³/mol. The van der Waals surface area contributed by atoms with Gasteiger partial charge < -0.3 is 14.8 Å². The number of nitrogens with one attached hydrogen (secondary N) is 1. The molecule has 1 N–H and O–H groups in total. The van der Waals surface area contributed by atoms with Crippen LogP contribution in [0.25, 0.3) is 0 Å². The minimum atomic E-state index is -0.613. The van der Waals surface area contributed by atoms with Crippen molar-refractivity contribution in [3.8, 4) is 11.5 Å². The van der Waals surface area contributed by atoms with Crippen molar-refractivity contribution in [1.29, 1.82) is 0 Å². The molecule has 0 saturated heterocycles. The van der Waals surface area contributed by atoms with Crippen LogP contribution in [0.2, 0.25) is 5.02 Å². The quantitative estimate of drug-likeness (QED) is 0.663. The second-order valence-electron chi connectivity index (χ2n) is 7.13. The highest BCUT2D eigenvalue weighted by molar-refractivity contribution is 6.31. The molecule has 0 unspecified atom stereocenters. The normalized spacial score (nSPS) is 13.1. The minimum absolute atomic E-state index is 0.0820. The average molecular weight is 390 g/mol. The van der Waals surface area contributed by atoms with Gasteiger partial charge >= 0.3 is 0 Å². The van der Waals surface area contributed by atoms with Crippen molar-refractivity contribution in [2.45, 2.75) is 46.3 Å². The summed E-state index contributed by atoms with van der Waals surface area (Å²) >= 11 is 6.04. The lowest BCUT2D eigenvalue weighted by Gasteiger charge is -2.24. The number of carbonyl (C=O) groups excluding carboxylic acids is 1. The standard InChI is InChI=1S/C22H28ClNO3/c1-14(2)12-21(17-6-8-18(26-5)9-7-17)24-22(25)16(4)27-19-10-11-20(23)15(3)13-19/h6-11,13-14,16,21H,12H2,1-5H3,(H,24,25)/t16-,21+/m1/s1. The summed E-state index contributed by atoms with van der Waals surface area (Å²) in [6, 6.07) is 13.1. The van der Waals surface area contributed by atoms with Crippen LogP contribution in [-0.2, 0) is 4.79 Å². The van der Waals surface area contributed by atoms with Crippen LogP contribution in [0.5, 0.6) is 11.5 Å². The molecule has 146 valence electrons. The molecule has 0 fully saturated rings. The van der Waals surface area contributed by atoms with E-state index in [4.69, 9.17) is 21.1 Å². The third kappa shape index (κ3) is 6.17. The first kappa shape index (κ1) is 21.1. The third-order valence-corrected chi connectivity index (χ3v) is 4.78. The highest BCUT2D eigenvalue weighted by Gasteiger charge is 2.21. The van der Waals surface area contributed by atoms with Gasteiger partial charge in [0.2, 0.25) is 0 Å². The van der Waals surface area contributed by atoms with Crippen molar-refractivity contribution < 1.29 is 14.3 Å². The Bertz CT molecular complexity index is 759. The van der Waals surface area contributed by atoms with Crippen LogP contribution in [0.15, 0.2) is 42.5 Å². The highest BCUT2D eigenvalue weighted by atomic mass is 35.5. The molecular formula is C22H28ClNO3. The minimum Gasteiger partial charge on any atom is -0.497 e. The predicted octanol–water partition coefficient (Wildman–Crippen LogP) is 5.33. The zero-order valence-electron chi connectivity index (χ0n) is 16.6. The summed E-state index contributed by atoms with van der Waals surface area (Å²) in [6.45, 7) is 7.93. The summed E-state index contributed by atoms with van der Waals surface area (Å²) in [5, 5.41) is 3.79. The van der Waals surface area contributed by atoms with Crippen molar-refractivity contribution >= 4 is 17.5 Å². The molecule has 0 radical (unpaired) electrons. The maximum atomic E-state index is 12.7. The van der Waals surface area contributed by atoms with Crippen molar-refractivity contribution in [3.05, 3.63) is 58.6 Å². The molecule has 2 aromatic rings. The lowest BCUT2D eigenvalue weighted by atomic mass is 9.96. The fraction of sp³-hybridized carbons (Fsp3) is 0.409. The number of amides is 1. The maximum absolute atomic E-state index is 12.7. The topological polar surface area (TPSA) is 47.6 Å². The molecule has 2 aromatic carbocycles. The van der Waals surface area contributed by atoms with Gasteiger partial charge in [-0.05, 0) is 67.6 Å². The van der Waals surface area contributed by atoms with E-state index in [0.717, 1.165) is 23.3 Å². The lowest BCUT2D eigenvalue weighted by molar-refractivity contribution is -0.128. The fourth-order valence-electron chi connectivity index (χ4n) is 2.82. The highest BCUT2D eigenvalue weighted by Crippen LogP contribution is 2.25. The summed E-state index contributed by atoms with van der Waals surface area (Å²) in [4.78, 5) is 12.7. The number of aryl methyl sites for hydroxylation is 1. The Kier molecular flexibility index (Phi) is 7.55. The number of hydrogen-bond donors (Lipinski definition) is 1. The van der Waals surface area contributed by atoms with Gasteiger partial charge in [0.15, 0.2) is 6.10 Å². The number of benzene rings is 2. The summed E-state index contributed by atoms with van der Waals surface area (Å²) in [5.74, 6) is 1.71. The van der Waals surface area contributed by atoms with E-state index in [2.05, 4.69) is 19.2 Å². The van der Waals surface area contributed by atoms with Crippen molar-refractivity contribution in [2.75, 3.05) is 7.11 Å². The van der Waals surface area contributed by atoms with Crippen molar-refractivity contribution in [2.24, 2.45) is 5.92 Å². The Hall–Kier alpha value is -2.20. The van der Waals surface area contributed by atoms with E-state index < -0.39 is 6.10 Å². The van der Waals surface area contributed by atoms with Gasteiger partial charge in [0.25, 0.3) is 5.91 Å². The third-order valence-electron chi connectivity index (χ3n) is 4.35. The smallest absolute Gasteiger partial charge is 0.261 e. The maximum Gasteiger partial charge on any atom is 0.261 e. The van der Waals surface area contributed by atoms with E-state index in [0.29, 0.717) is 16.7 Å². The first-order chi connectivity index (χ1) is 12.8. The van der Waals surface area contributed by atoms with E-state index in [1.54, 1.807) is 26.2 Å². The summed E-state index contributed by atoms with van der Waals surface area (Å²) in [7, 11) is 1.64. The molecule has 0 spiro atoms. The monoisotopic (exact) mass is 389 g/mol. The molecule has 0 aliphatic rings. The van der Waals surface area contributed by atoms with Gasteiger partial charge in [0, 0.05) is 5.02 Å². The van der Waals surface area contributed by atoms with E-state index in [9.17, 15) is 4.79 Å². The number of ether oxygens (including phenoxy) is 2. The average Bonchev–Trinajstić information content (AvgIpc) is 2.63. The Balaban J connectivity index is 2.07. The Morgan fingerprint density at radius 3 is 2.26 bits per heavy atom. The molecule has 2 rings (SSSR count). The largest absolute Gasteiger partial charge is 0.497 e. The molecule has 5 heteroatoms. The van der Waals surface area contributed by atoms with Gasteiger partial charge in [0.05, 0.1) is 13.2 Å². The molecule has 2 atom stereocenters. The van der Waals surface area contributed by atoms with Crippen LogP contribution in [-0.4, -0.2) is 19.1 Å². The molecular weight excluding hydrogens is 362 g/mol. The number of halogens is 1. The number of rotatable bonds is 8. The summed E-state index contributed by atoms with van der Waals surface area (Å²) in [5.41, 5.74) is 1.96. The second-order valence-corrected chi connectivity index (χ2v) is 7.54. The fourth-order valence-corrected chi connectivity index (χ4v) is 2.94. The zero-order chi connectivity index (χ0) is 20.0. The zero-order valence-corrected chi connectivity index (χ0v) is 17.3. The van der Waals surface area contributed by atoms with E-state index in [1.807, 2.05) is 37.3 Å². The number of carbonyl (C=O) groups is 1. The van der Waals surface area contributed by atoms with Crippen LogP contribution in [0.3, 0.4) is 0 Å². The summed E-state index contributed by atoms with van der Waals surface area (Å²) in [6.07, 6.45) is 0.226. The first-order valence-corrected chi connectivity index (χ1v) is 9.55. The Morgan fingerprint density at radius 1 is 1.07 bits per heavy atom. The van der Waals surface area contributed by atoms with Crippen molar-refractivity contribution in [3.63, 3.8) is 0 Å². The van der Waals surface area contributed by atoms with Crippen LogP contribution in [0.1, 0.15) is 44.4 Å². The van der Waals surface area contributed by atoms with Crippen LogP contribution < -0.4 is 14.8 Å². The molecule has 1 amide bonds. The van der Waals surface area contributed by atoms with E-state index in [1.165, 1.54) is 0 Å². The van der Waals surface area contributed by atoms with Gasteiger partial charge in [-0.25, -0.2) is 0 Å². The van der Waals surface area contributed by atoms with Gasteiger partial charge in [-0.1, -0.05) is 37.6 Å². The first-order valence-electron chi connectivity index (χ1n) is 9.17. The molecule has 0 aromatic heterocycles. The molecule has 0 saturated carbocycles. The summed E-state index contributed by atoms with van der Waals surface area (Å²) < 4.78 is 11.0. The Morgan fingerprint density at radius 2 is 1.70 bits per heavy atom. The molecule has 27 heavy (non-hydrogen) atoms. The van der Waals surface area contributed by atoms with E-state index in [-0.39, 0.29) is 11.9 Å². The van der Waals surface area contributed by atoms with Crippen LogP contribution in [0, 0.1) is 12.8 Å². The molecule has 4 nitrogen and oxygen atoms in total. The van der Waals surface area contributed by atoms with E-state index >= 15 is 0 Å². The van der Waals surface area contributed by atoms with Gasteiger partial charge in [-0.2, -0.15) is 0 Å². The number of methoxy groups -OCH3 is 1. The molecule has 0 aliphatic heterocycles. The van der Waals surface area contributed by atoms with Gasteiger partial charge in [-0.3, -0.25) is 4.79 Å². The second kappa shape index (κ2) is 9.65. The molecule has 0 heterocycles. The van der Waals surface area contributed by atoms with Gasteiger partial charge in [-0.15, -0.1) is 0 Å². The molecule has 0 bridgehead atoms. The Labute approximate surface area is 166 Å². The van der Waals surface area contributed by atoms with Crippen LogP contribution in [0.4, 0.5) is 0 Å².